The molecule has 10 heteroatoms. The molecule has 0 spiro atoms. The van der Waals surface area contributed by atoms with Crippen LogP contribution in [0.2, 0.25) is 5.02 Å². The average molecular weight is 356 g/mol. The van der Waals surface area contributed by atoms with Gasteiger partial charge in [0.25, 0.3) is 5.69 Å². The normalized spacial score (nSPS) is 19.2. The van der Waals surface area contributed by atoms with E-state index in [4.69, 9.17) is 17.3 Å². The van der Waals surface area contributed by atoms with E-state index in [0.29, 0.717) is 19.4 Å². The first-order valence-corrected chi connectivity index (χ1v) is 7.85. The van der Waals surface area contributed by atoms with Crippen molar-refractivity contribution in [1.82, 2.24) is 4.31 Å². The van der Waals surface area contributed by atoms with Gasteiger partial charge in [-0.1, -0.05) is 11.6 Å². The molecule has 1 unspecified atom stereocenters. The van der Waals surface area contributed by atoms with Gasteiger partial charge < -0.3 is 5.73 Å². The monoisotopic (exact) mass is 355 g/mol. The molecule has 118 valence electrons. The summed E-state index contributed by atoms with van der Waals surface area (Å²) in [4.78, 5) is 9.90. The van der Waals surface area contributed by atoms with Crippen LogP contribution in [0.4, 0.5) is 5.69 Å². The number of hydrogen-bond acceptors (Lipinski definition) is 5. The second-order valence-corrected chi connectivity index (χ2v) is 6.81. The molecule has 1 heterocycles. The molecule has 1 aliphatic rings. The zero-order valence-corrected chi connectivity index (χ0v) is 13.3. The van der Waals surface area contributed by atoms with E-state index in [-0.39, 0.29) is 34.9 Å². The fraction of sp³-hybridized carbons (Fsp3) is 0.455. The number of nitrogens with two attached hydrogens (primary N) is 1. The molecule has 21 heavy (non-hydrogen) atoms. The maximum Gasteiger partial charge on any atom is 0.289 e. The van der Waals surface area contributed by atoms with Gasteiger partial charge in [-0.25, -0.2) is 8.42 Å². The number of halogens is 2. The lowest BCUT2D eigenvalue weighted by atomic mass is 10.2. The van der Waals surface area contributed by atoms with Crippen molar-refractivity contribution in [2.45, 2.75) is 23.8 Å². The van der Waals surface area contributed by atoms with Crippen molar-refractivity contribution < 1.29 is 13.3 Å². The molecule has 0 aliphatic carbocycles. The molecule has 1 aromatic rings. The summed E-state index contributed by atoms with van der Waals surface area (Å²) in [6.07, 6.45) is 1.35. The van der Waals surface area contributed by atoms with E-state index in [0.717, 1.165) is 12.1 Å². The van der Waals surface area contributed by atoms with Gasteiger partial charge in [0.05, 0.1) is 4.92 Å². The van der Waals surface area contributed by atoms with Gasteiger partial charge in [-0.3, -0.25) is 10.1 Å². The molecule has 1 saturated heterocycles. The first-order valence-electron chi connectivity index (χ1n) is 6.03. The van der Waals surface area contributed by atoms with E-state index in [9.17, 15) is 18.5 Å². The van der Waals surface area contributed by atoms with E-state index in [1.165, 1.54) is 10.4 Å². The number of nitro groups is 1. The third-order valence-corrected chi connectivity index (χ3v) is 5.52. The zero-order chi connectivity index (χ0) is 14.9. The fourth-order valence-electron chi connectivity index (χ4n) is 2.33. The fourth-order valence-corrected chi connectivity index (χ4v) is 4.46. The van der Waals surface area contributed by atoms with Gasteiger partial charge in [-0.2, -0.15) is 4.31 Å². The molecular weight excluding hydrogens is 341 g/mol. The molecule has 2 N–H and O–H groups in total. The van der Waals surface area contributed by atoms with Crippen LogP contribution < -0.4 is 5.73 Å². The van der Waals surface area contributed by atoms with Crippen molar-refractivity contribution in [1.29, 1.82) is 0 Å². The lowest BCUT2D eigenvalue weighted by molar-refractivity contribution is -0.387. The van der Waals surface area contributed by atoms with Gasteiger partial charge in [0, 0.05) is 30.2 Å². The zero-order valence-electron chi connectivity index (χ0n) is 10.9. The summed E-state index contributed by atoms with van der Waals surface area (Å²) in [5, 5.41) is 11.1. The number of sulfonamides is 1. The Bertz CT molecular complexity index is 638. The van der Waals surface area contributed by atoms with E-state index >= 15 is 0 Å². The summed E-state index contributed by atoms with van der Waals surface area (Å²) in [5.74, 6) is 0. The highest BCUT2D eigenvalue weighted by Crippen LogP contribution is 2.32. The van der Waals surface area contributed by atoms with Crippen LogP contribution in [0.1, 0.15) is 12.8 Å². The maximum atomic E-state index is 12.6. The summed E-state index contributed by atoms with van der Waals surface area (Å²) in [6, 6.07) is 3.19. The lowest BCUT2D eigenvalue weighted by Crippen LogP contribution is -2.40. The second kappa shape index (κ2) is 6.89. The summed E-state index contributed by atoms with van der Waals surface area (Å²) >= 11 is 5.77. The van der Waals surface area contributed by atoms with E-state index in [1.807, 2.05) is 0 Å². The van der Waals surface area contributed by atoms with E-state index < -0.39 is 20.6 Å². The van der Waals surface area contributed by atoms with Crippen LogP contribution in [-0.2, 0) is 10.0 Å². The molecule has 0 saturated carbocycles. The smallest absolute Gasteiger partial charge is 0.289 e. The van der Waals surface area contributed by atoms with Crippen molar-refractivity contribution in [3.05, 3.63) is 33.3 Å². The Morgan fingerprint density at radius 2 is 2.14 bits per heavy atom. The number of rotatable bonds is 4. The van der Waals surface area contributed by atoms with Gasteiger partial charge >= 0.3 is 0 Å². The Kier molecular flexibility index (Phi) is 5.94. The lowest BCUT2D eigenvalue weighted by Gasteiger charge is -2.22. The van der Waals surface area contributed by atoms with E-state index in [2.05, 4.69) is 0 Å². The van der Waals surface area contributed by atoms with Gasteiger partial charge in [-0.05, 0) is 25.0 Å². The Balaban J connectivity index is 0.00000220. The van der Waals surface area contributed by atoms with E-state index in [1.54, 1.807) is 0 Å². The Morgan fingerprint density at radius 3 is 2.71 bits per heavy atom. The quantitative estimate of drug-likeness (QED) is 0.654. The number of hydrogen-bond donors (Lipinski definition) is 1. The standard InChI is InChI=1S/C11H14ClN3O4S.ClH/c12-8-3-4-10(15(16)17)11(6-8)20(18,19)14-5-1-2-9(14)7-13;/h3-4,6,9H,1-2,5,7,13H2;1H. The molecule has 1 aromatic carbocycles. The van der Waals surface area contributed by atoms with Crippen LogP contribution in [0.15, 0.2) is 23.1 Å². The molecule has 0 amide bonds. The van der Waals surface area contributed by atoms with Gasteiger partial charge in [0.1, 0.15) is 0 Å². The molecule has 1 aliphatic heterocycles. The van der Waals surface area contributed by atoms with Crippen molar-refractivity contribution in [2.75, 3.05) is 13.1 Å². The highest BCUT2D eigenvalue weighted by molar-refractivity contribution is 7.89. The predicted molar refractivity (Wildman–Crippen MR) is 81.3 cm³/mol. The largest absolute Gasteiger partial charge is 0.329 e. The Morgan fingerprint density at radius 1 is 1.48 bits per heavy atom. The van der Waals surface area contributed by atoms with Crippen LogP contribution >= 0.6 is 24.0 Å². The van der Waals surface area contributed by atoms with Crippen LogP contribution in [0, 0.1) is 10.1 Å². The minimum Gasteiger partial charge on any atom is -0.329 e. The topological polar surface area (TPSA) is 107 Å². The van der Waals surface area contributed by atoms with Crippen LogP contribution in [0.5, 0.6) is 0 Å². The van der Waals surface area contributed by atoms with Gasteiger partial charge in [0.2, 0.25) is 10.0 Å². The summed E-state index contributed by atoms with van der Waals surface area (Å²) in [7, 11) is -3.97. The molecule has 1 atom stereocenters. The first-order chi connectivity index (χ1) is 9.37. The van der Waals surface area contributed by atoms with Crippen molar-refractivity contribution in [3.8, 4) is 0 Å². The minimum atomic E-state index is -3.97. The number of nitrogens with zero attached hydrogens (tertiary/aromatic N) is 2. The molecule has 7 nitrogen and oxygen atoms in total. The Hall–Kier alpha value is -0.930. The van der Waals surface area contributed by atoms with Crippen molar-refractivity contribution in [2.24, 2.45) is 5.73 Å². The first kappa shape index (κ1) is 18.1. The maximum absolute atomic E-state index is 12.6. The third-order valence-electron chi connectivity index (χ3n) is 3.30. The predicted octanol–water partition coefficient (Wildman–Crippen LogP) is 1.78. The van der Waals surface area contributed by atoms with Crippen LogP contribution in [0.25, 0.3) is 0 Å². The van der Waals surface area contributed by atoms with Crippen LogP contribution in [-0.4, -0.2) is 36.8 Å². The van der Waals surface area contributed by atoms with Crippen molar-refractivity contribution >= 4 is 39.7 Å². The summed E-state index contributed by atoms with van der Waals surface area (Å²) in [6.45, 7) is 0.501. The second-order valence-electron chi connectivity index (χ2n) is 4.52. The summed E-state index contributed by atoms with van der Waals surface area (Å²) in [5.41, 5.74) is 5.09. The average Bonchev–Trinajstić information content (AvgIpc) is 2.87. The summed E-state index contributed by atoms with van der Waals surface area (Å²) < 4.78 is 26.4. The highest BCUT2D eigenvalue weighted by Gasteiger charge is 2.38. The number of benzene rings is 1. The van der Waals surface area contributed by atoms with Crippen molar-refractivity contribution in [3.63, 3.8) is 0 Å². The van der Waals surface area contributed by atoms with Gasteiger partial charge in [0.15, 0.2) is 4.90 Å². The molecule has 0 aromatic heterocycles. The Labute approximate surface area is 133 Å². The highest BCUT2D eigenvalue weighted by atomic mass is 35.5. The molecule has 0 bridgehead atoms. The molecule has 0 radical (unpaired) electrons. The number of nitro benzene ring substituents is 1. The van der Waals surface area contributed by atoms with Gasteiger partial charge in [-0.15, -0.1) is 12.4 Å². The molecule has 2 rings (SSSR count). The third kappa shape index (κ3) is 3.46. The van der Waals surface area contributed by atoms with Crippen LogP contribution in [0.3, 0.4) is 0 Å². The minimum absolute atomic E-state index is 0. The SMILES string of the molecule is Cl.NCC1CCCN1S(=O)(=O)c1cc(Cl)ccc1[N+](=O)[O-]. The molecular formula is C11H15Cl2N3O4S. The molecule has 1 fully saturated rings.